The lowest BCUT2D eigenvalue weighted by Crippen LogP contribution is -2.38. The van der Waals surface area contributed by atoms with Gasteiger partial charge in [-0.25, -0.2) is 13.4 Å². The topological polar surface area (TPSA) is 79.8 Å². The van der Waals surface area contributed by atoms with Gasteiger partial charge in [0.05, 0.1) is 27.8 Å². The van der Waals surface area contributed by atoms with Gasteiger partial charge in [-0.3, -0.25) is 9.69 Å². The van der Waals surface area contributed by atoms with Crippen molar-refractivity contribution in [3.05, 3.63) is 54.1 Å². The Bertz CT molecular complexity index is 1230. The van der Waals surface area contributed by atoms with E-state index in [0.29, 0.717) is 42.9 Å². The number of hydrogen-bond acceptors (Lipinski definition) is 6. The average Bonchev–Trinajstić information content (AvgIpc) is 3.52. The maximum Gasteiger partial charge on any atom is 0.260 e. The lowest BCUT2D eigenvalue weighted by molar-refractivity contribution is 0.0917. The quantitative estimate of drug-likeness (QED) is 0.497. The van der Waals surface area contributed by atoms with Crippen molar-refractivity contribution in [3.63, 3.8) is 0 Å². The minimum absolute atomic E-state index is 0.0305. The van der Waals surface area contributed by atoms with Gasteiger partial charge in [-0.2, -0.15) is 4.31 Å². The fourth-order valence-electron chi connectivity index (χ4n) is 4.51. The Labute approximate surface area is 204 Å². The zero-order valence-corrected chi connectivity index (χ0v) is 20.9. The number of piperidine rings is 1. The standard InChI is InChI=1S/C25H29N3O4S2/c1-18-12-14-27(15-13-18)34(30,31)21-10-8-19(9-11-21)24(29)28(17-20-5-4-16-32-20)25-26-22-6-2-3-7-23(22)33-25/h2-3,6-11,18,20H,4-5,12-17H2,1H3. The number of nitrogens with zero attached hydrogens (tertiary/aromatic N) is 3. The second-order valence-electron chi connectivity index (χ2n) is 9.13. The molecule has 34 heavy (non-hydrogen) atoms. The molecule has 0 bridgehead atoms. The number of carbonyl (C=O) groups excluding carboxylic acids is 1. The Balaban J connectivity index is 1.40. The van der Waals surface area contributed by atoms with E-state index in [1.54, 1.807) is 33.5 Å². The molecular weight excluding hydrogens is 470 g/mol. The minimum Gasteiger partial charge on any atom is -0.376 e. The summed E-state index contributed by atoms with van der Waals surface area (Å²) in [6.07, 6.45) is 3.60. The maximum absolute atomic E-state index is 13.6. The highest BCUT2D eigenvalue weighted by molar-refractivity contribution is 7.89. The van der Waals surface area contributed by atoms with Crippen LogP contribution in [0.2, 0.25) is 0 Å². The Morgan fingerprint density at radius 2 is 1.85 bits per heavy atom. The molecule has 3 aromatic rings. The molecule has 2 aliphatic heterocycles. The van der Waals surface area contributed by atoms with Crippen molar-refractivity contribution < 1.29 is 17.9 Å². The predicted octanol–water partition coefficient (Wildman–Crippen LogP) is 4.54. The van der Waals surface area contributed by atoms with Crippen LogP contribution in [0.5, 0.6) is 0 Å². The number of rotatable bonds is 6. The number of thiazole rings is 1. The number of hydrogen-bond donors (Lipinski definition) is 0. The Morgan fingerprint density at radius 1 is 1.12 bits per heavy atom. The molecule has 0 spiro atoms. The van der Waals surface area contributed by atoms with E-state index in [-0.39, 0.29) is 16.9 Å². The zero-order chi connectivity index (χ0) is 23.7. The lowest BCUT2D eigenvalue weighted by atomic mass is 10.0. The lowest BCUT2D eigenvalue weighted by Gasteiger charge is -2.29. The van der Waals surface area contributed by atoms with E-state index < -0.39 is 10.0 Å². The van der Waals surface area contributed by atoms with Gasteiger partial charge in [0, 0.05) is 25.3 Å². The van der Waals surface area contributed by atoms with E-state index in [1.165, 1.54) is 11.3 Å². The summed E-state index contributed by atoms with van der Waals surface area (Å²) in [7, 11) is -3.56. The number of amides is 1. The molecule has 3 heterocycles. The van der Waals surface area contributed by atoms with Crippen LogP contribution in [0.4, 0.5) is 5.13 Å². The molecule has 2 aromatic carbocycles. The summed E-state index contributed by atoms with van der Waals surface area (Å²) in [6.45, 7) is 4.35. The van der Waals surface area contributed by atoms with E-state index in [1.807, 2.05) is 24.3 Å². The fraction of sp³-hybridized carbons (Fsp3) is 0.440. The maximum atomic E-state index is 13.6. The first-order chi connectivity index (χ1) is 16.4. The van der Waals surface area contributed by atoms with Gasteiger partial charge in [-0.05, 0) is 68.0 Å². The molecule has 0 N–H and O–H groups in total. The summed E-state index contributed by atoms with van der Waals surface area (Å²) in [5.74, 6) is 0.342. The monoisotopic (exact) mass is 499 g/mol. The third-order valence-corrected chi connectivity index (χ3v) is 9.62. The van der Waals surface area contributed by atoms with Crippen LogP contribution in [0.1, 0.15) is 43.0 Å². The number of benzene rings is 2. The molecule has 2 saturated heterocycles. The Kier molecular flexibility index (Phi) is 6.70. The first-order valence-corrected chi connectivity index (χ1v) is 14.1. The molecule has 1 aromatic heterocycles. The third kappa shape index (κ3) is 4.75. The zero-order valence-electron chi connectivity index (χ0n) is 19.2. The first-order valence-electron chi connectivity index (χ1n) is 11.8. The van der Waals surface area contributed by atoms with Gasteiger partial charge in [-0.1, -0.05) is 30.4 Å². The molecule has 2 aliphatic rings. The van der Waals surface area contributed by atoms with Crippen LogP contribution in [-0.4, -0.2) is 56.0 Å². The Morgan fingerprint density at radius 3 is 2.53 bits per heavy atom. The number of fused-ring (bicyclic) bond motifs is 1. The van der Waals surface area contributed by atoms with Crippen molar-refractivity contribution >= 4 is 42.6 Å². The molecule has 0 radical (unpaired) electrons. The molecule has 0 saturated carbocycles. The van der Waals surface area contributed by atoms with E-state index in [4.69, 9.17) is 9.72 Å². The van der Waals surface area contributed by atoms with Gasteiger partial charge >= 0.3 is 0 Å². The number of para-hydroxylation sites is 1. The van der Waals surface area contributed by atoms with Crippen LogP contribution in [-0.2, 0) is 14.8 Å². The van der Waals surface area contributed by atoms with E-state index >= 15 is 0 Å². The van der Waals surface area contributed by atoms with Crippen molar-refractivity contribution in [1.29, 1.82) is 0 Å². The van der Waals surface area contributed by atoms with Crippen molar-refractivity contribution in [2.75, 3.05) is 31.1 Å². The van der Waals surface area contributed by atoms with E-state index in [2.05, 4.69) is 6.92 Å². The summed E-state index contributed by atoms with van der Waals surface area (Å²) in [6, 6.07) is 14.1. The minimum atomic E-state index is -3.56. The second-order valence-corrected chi connectivity index (χ2v) is 12.1. The number of aromatic nitrogens is 1. The van der Waals surface area contributed by atoms with Crippen molar-refractivity contribution in [2.24, 2.45) is 5.92 Å². The van der Waals surface area contributed by atoms with Crippen molar-refractivity contribution in [1.82, 2.24) is 9.29 Å². The van der Waals surface area contributed by atoms with E-state index in [0.717, 1.165) is 35.9 Å². The van der Waals surface area contributed by atoms with Crippen LogP contribution < -0.4 is 4.90 Å². The first kappa shape index (κ1) is 23.4. The SMILES string of the molecule is CC1CCN(S(=O)(=O)c2ccc(C(=O)N(CC3CCCO3)c3nc4ccccc4s3)cc2)CC1. The summed E-state index contributed by atoms with van der Waals surface area (Å²) in [5, 5.41) is 0.626. The molecule has 1 atom stereocenters. The van der Waals surface area contributed by atoms with Crippen molar-refractivity contribution in [3.8, 4) is 0 Å². The van der Waals surface area contributed by atoms with Gasteiger partial charge in [0.2, 0.25) is 10.0 Å². The molecule has 0 aliphatic carbocycles. The van der Waals surface area contributed by atoms with Crippen LogP contribution in [0.15, 0.2) is 53.4 Å². The molecular formula is C25H29N3O4S2. The number of carbonyl (C=O) groups is 1. The van der Waals surface area contributed by atoms with Crippen molar-refractivity contribution in [2.45, 2.75) is 43.6 Å². The van der Waals surface area contributed by atoms with Gasteiger partial charge in [0.15, 0.2) is 5.13 Å². The molecule has 1 unspecified atom stereocenters. The number of sulfonamides is 1. The van der Waals surface area contributed by atoms with Gasteiger partial charge in [-0.15, -0.1) is 0 Å². The summed E-state index contributed by atoms with van der Waals surface area (Å²) in [4.78, 5) is 20.2. The highest BCUT2D eigenvalue weighted by Crippen LogP contribution is 2.31. The Hall–Kier alpha value is -2.33. The highest BCUT2D eigenvalue weighted by atomic mass is 32.2. The smallest absolute Gasteiger partial charge is 0.260 e. The second kappa shape index (κ2) is 9.73. The van der Waals surface area contributed by atoms with Crippen LogP contribution in [0, 0.1) is 5.92 Å². The molecule has 2 fully saturated rings. The highest BCUT2D eigenvalue weighted by Gasteiger charge is 2.30. The van der Waals surface area contributed by atoms with Crippen LogP contribution >= 0.6 is 11.3 Å². The summed E-state index contributed by atoms with van der Waals surface area (Å²) < 4.78 is 34.5. The normalized spacial score (nSPS) is 20.1. The third-order valence-electron chi connectivity index (χ3n) is 6.65. The summed E-state index contributed by atoms with van der Waals surface area (Å²) in [5.41, 5.74) is 1.29. The van der Waals surface area contributed by atoms with Gasteiger partial charge < -0.3 is 4.74 Å². The fourth-order valence-corrected chi connectivity index (χ4v) is 6.96. The molecule has 1 amide bonds. The summed E-state index contributed by atoms with van der Waals surface area (Å²) >= 11 is 1.47. The molecule has 7 nitrogen and oxygen atoms in total. The van der Waals surface area contributed by atoms with Gasteiger partial charge in [0.25, 0.3) is 5.91 Å². The number of anilines is 1. The average molecular weight is 500 g/mol. The molecule has 5 rings (SSSR count). The van der Waals surface area contributed by atoms with Crippen LogP contribution in [0.25, 0.3) is 10.2 Å². The van der Waals surface area contributed by atoms with E-state index in [9.17, 15) is 13.2 Å². The largest absolute Gasteiger partial charge is 0.376 e. The molecule has 180 valence electrons. The predicted molar refractivity (Wildman–Crippen MR) is 134 cm³/mol. The molecule has 9 heteroatoms. The van der Waals surface area contributed by atoms with Crippen LogP contribution in [0.3, 0.4) is 0 Å². The van der Waals surface area contributed by atoms with Gasteiger partial charge in [0.1, 0.15) is 0 Å². The number of ether oxygens (including phenoxy) is 1.